The smallest absolute Gasteiger partial charge is 0.288 e. The van der Waals surface area contributed by atoms with Gasteiger partial charge in [-0.1, -0.05) is 12.1 Å². The van der Waals surface area contributed by atoms with Crippen LogP contribution < -0.4 is 5.32 Å². The zero-order valence-corrected chi connectivity index (χ0v) is 15.2. The molecule has 0 unspecified atom stereocenters. The van der Waals surface area contributed by atoms with E-state index < -0.39 is 23.6 Å². The monoisotopic (exact) mass is 381 g/mol. The van der Waals surface area contributed by atoms with E-state index in [4.69, 9.17) is 4.42 Å². The van der Waals surface area contributed by atoms with Crippen molar-refractivity contribution in [3.8, 4) is 0 Å². The van der Waals surface area contributed by atoms with Gasteiger partial charge in [-0.3, -0.25) is 4.79 Å². The van der Waals surface area contributed by atoms with Gasteiger partial charge in [-0.05, 0) is 42.8 Å². The molecule has 0 spiro atoms. The summed E-state index contributed by atoms with van der Waals surface area (Å²) in [6, 6.07) is 9.36. The number of benzene rings is 2. The molecule has 0 bridgehead atoms. The molecule has 4 rings (SSSR count). The molecule has 0 saturated heterocycles. The zero-order valence-electron chi connectivity index (χ0n) is 15.2. The van der Waals surface area contributed by atoms with Crippen molar-refractivity contribution in [2.24, 2.45) is 7.05 Å². The summed E-state index contributed by atoms with van der Waals surface area (Å²) in [4.78, 5) is 17.3. The van der Waals surface area contributed by atoms with Gasteiger partial charge in [0, 0.05) is 30.4 Å². The highest BCUT2D eigenvalue weighted by molar-refractivity contribution is 5.99. The molecule has 28 heavy (non-hydrogen) atoms. The lowest BCUT2D eigenvalue weighted by Gasteiger charge is -2.19. The van der Waals surface area contributed by atoms with Crippen LogP contribution >= 0.6 is 0 Å². The second-order valence-electron chi connectivity index (χ2n) is 6.55. The van der Waals surface area contributed by atoms with Gasteiger partial charge in [0.1, 0.15) is 29.1 Å². The summed E-state index contributed by atoms with van der Waals surface area (Å²) in [5.41, 5.74) is 1.50. The number of hydrogen-bond donors (Lipinski definition) is 1. The summed E-state index contributed by atoms with van der Waals surface area (Å²) in [5, 5.41) is 3.39. The summed E-state index contributed by atoms with van der Waals surface area (Å²) in [7, 11) is 1.79. The molecule has 0 saturated carbocycles. The predicted molar refractivity (Wildman–Crippen MR) is 99.8 cm³/mol. The minimum absolute atomic E-state index is 0.0798. The average molecular weight is 381 g/mol. The van der Waals surface area contributed by atoms with Crippen molar-refractivity contribution in [3.63, 3.8) is 0 Å². The highest BCUT2D eigenvalue weighted by Crippen LogP contribution is 2.28. The van der Waals surface area contributed by atoms with Crippen LogP contribution in [0, 0.1) is 18.6 Å². The minimum atomic E-state index is -0.687. The molecule has 2 heterocycles. The molecule has 0 aliphatic rings. The van der Waals surface area contributed by atoms with E-state index in [1.54, 1.807) is 43.1 Å². The van der Waals surface area contributed by atoms with E-state index in [0.717, 1.165) is 0 Å². The number of carbonyl (C=O) groups excluding carboxylic acids is 1. The van der Waals surface area contributed by atoms with Crippen LogP contribution in [0.25, 0.3) is 11.0 Å². The normalized spacial score (nSPS) is 12.3. The first-order chi connectivity index (χ1) is 13.4. The van der Waals surface area contributed by atoms with Crippen molar-refractivity contribution in [1.82, 2.24) is 14.9 Å². The van der Waals surface area contributed by atoms with Gasteiger partial charge in [0.25, 0.3) is 5.91 Å². The lowest BCUT2D eigenvalue weighted by Crippen LogP contribution is -2.31. The van der Waals surface area contributed by atoms with Crippen LogP contribution in [0.4, 0.5) is 8.78 Å². The molecule has 0 aliphatic carbocycles. The molecule has 1 amide bonds. The number of aryl methyl sites for hydroxylation is 2. The molecule has 7 heteroatoms. The third kappa shape index (κ3) is 3.15. The minimum Gasteiger partial charge on any atom is -0.451 e. The number of hydrogen-bond acceptors (Lipinski definition) is 3. The fourth-order valence-electron chi connectivity index (χ4n) is 3.24. The molecule has 142 valence electrons. The topological polar surface area (TPSA) is 60.1 Å². The number of amides is 1. The van der Waals surface area contributed by atoms with Crippen molar-refractivity contribution < 1.29 is 18.0 Å². The van der Waals surface area contributed by atoms with Gasteiger partial charge in [0.15, 0.2) is 5.76 Å². The van der Waals surface area contributed by atoms with Gasteiger partial charge in [0.2, 0.25) is 0 Å². The van der Waals surface area contributed by atoms with Crippen LogP contribution in [0.2, 0.25) is 0 Å². The Balaban J connectivity index is 1.74. The van der Waals surface area contributed by atoms with Crippen molar-refractivity contribution >= 4 is 16.9 Å². The number of nitrogens with one attached hydrogen (secondary N) is 1. The molecule has 5 nitrogen and oxygen atoms in total. The average Bonchev–Trinajstić information content (AvgIpc) is 3.23. The Bertz CT molecular complexity index is 1180. The molecule has 0 aliphatic heterocycles. The molecule has 1 atom stereocenters. The van der Waals surface area contributed by atoms with Gasteiger partial charge in [0.05, 0.1) is 0 Å². The highest BCUT2D eigenvalue weighted by Gasteiger charge is 2.25. The lowest BCUT2D eigenvalue weighted by atomic mass is 10.1. The van der Waals surface area contributed by atoms with Crippen molar-refractivity contribution in [3.05, 3.63) is 89.2 Å². The third-order valence-corrected chi connectivity index (χ3v) is 4.68. The van der Waals surface area contributed by atoms with Crippen molar-refractivity contribution in [2.45, 2.75) is 13.0 Å². The number of rotatable bonds is 4. The summed E-state index contributed by atoms with van der Waals surface area (Å²) in [6.45, 7) is 1.69. The second-order valence-corrected chi connectivity index (χ2v) is 6.55. The standard InChI is InChI=1S/C21H17F2N3O2/c1-12-16-11-15(23)6-7-17(16)28-19(12)21(27)25-18(20-24-8-9-26(20)2)13-4-3-5-14(22)10-13/h3-11,18H,1-2H3,(H,25,27)/t18-/m0/s1. The van der Waals surface area contributed by atoms with Crippen LogP contribution in [0.3, 0.4) is 0 Å². The Hall–Kier alpha value is -3.48. The maximum Gasteiger partial charge on any atom is 0.288 e. The van der Waals surface area contributed by atoms with Crippen LogP contribution in [0.1, 0.15) is 33.5 Å². The third-order valence-electron chi connectivity index (χ3n) is 4.68. The van der Waals surface area contributed by atoms with Crippen molar-refractivity contribution in [2.75, 3.05) is 0 Å². The quantitative estimate of drug-likeness (QED) is 0.574. The number of imidazole rings is 1. The van der Waals surface area contributed by atoms with Gasteiger partial charge < -0.3 is 14.3 Å². The second kappa shape index (κ2) is 6.92. The van der Waals surface area contributed by atoms with E-state index in [1.165, 1.54) is 30.3 Å². The number of nitrogens with zero attached hydrogens (tertiary/aromatic N) is 2. The van der Waals surface area contributed by atoms with Gasteiger partial charge >= 0.3 is 0 Å². The largest absolute Gasteiger partial charge is 0.451 e. The fourth-order valence-corrected chi connectivity index (χ4v) is 3.24. The molecular formula is C21H17F2N3O2. The first-order valence-corrected chi connectivity index (χ1v) is 8.66. The predicted octanol–water partition coefficient (Wildman–Crippen LogP) is 4.27. The first kappa shape index (κ1) is 17.9. The molecule has 4 aromatic rings. The molecule has 1 N–H and O–H groups in total. The number of carbonyl (C=O) groups is 1. The van der Waals surface area contributed by atoms with Gasteiger partial charge in [-0.15, -0.1) is 0 Å². The molecule has 0 fully saturated rings. The number of aromatic nitrogens is 2. The molecular weight excluding hydrogens is 364 g/mol. The van der Waals surface area contributed by atoms with E-state index in [1.807, 2.05) is 0 Å². The number of fused-ring (bicyclic) bond motifs is 1. The Morgan fingerprint density at radius 3 is 2.68 bits per heavy atom. The first-order valence-electron chi connectivity index (χ1n) is 8.66. The summed E-state index contributed by atoms with van der Waals surface area (Å²) in [5.74, 6) is -0.698. The summed E-state index contributed by atoms with van der Waals surface area (Å²) >= 11 is 0. The summed E-state index contributed by atoms with van der Waals surface area (Å²) in [6.07, 6.45) is 3.34. The van der Waals surface area contributed by atoms with E-state index in [2.05, 4.69) is 10.3 Å². The van der Waals surface area contributed by atoms with Crippen molar-refractivity contribution in [1.29, 1.82) is 0 Å². The van der Waals surface area contributed by atoms with E-state index in [0.29, 0.717) is 27.9 Å². The Morgan fingerprint density at radius 2 is 1.96 bits per heavy atom. The highest BCUT2D eigenvalue weighted by atomic mass is 19.1. The molecule has 0 radical (unpaired) electrons. The van der Waals surface area contributed by atoms with Gasteiger partial charge in [-0.2, -0.15) is 0 Å². The van der Waals surface area contributed by atoms with Gasteiger partial charge in [-0.25, -0.2) is 13.8 Å². The Labute approximate surface area is 159 Å². The van der Waals surface area contributed by atoms with Crippen LogP contribution in [-0.4, -0.2) is 15.5 Å². The lowest BCUT2D eigenvalue weighted by molar-refractivity contribution is 0.0914. The summed E-state index contributed by atoms with van der Waals surface area (Å²) < 4.78 is 34.7. The number of furan rings is 1. The molecule has 2 aromatic heterocycles. The number of halogens is 2. The van der Waals surface area contributed by atoms with Crippen LogP contribution in [0.15, 0.2) is 59.3 Å². The van der Waals surface area contributed by atoms with E-state index in [-0.39, 0.29) is 5.76 Å². The van der Waals surface area contributed by atoms with E-state index >= 15 is 0 Å². The molecule has 2 aromatic carbocycles. The Morgan fingerprint density at radius 1 is 1.18 bits per heavy atom. The maximum absolute atomic E-state index is 13.8. The Kier molecular flexibility index (Phi) is 4.43. The SMILES string of the molecule is Cc1c(C(=O)N[C@@H](c2cccc(F)c2)c2nccn2C)oc2ccc(F)cc12. The van der Waals surface area contributed by atoms with Crippen LogP contribution in [0.5, 0.6) is 0 Å². The fraction of sp³-hybridized carbons (Fsp3) is 0.143. The van der Waals surface area contributed by atoms with E-state index in [9.17, 15) is 13.6 Å². The van der Waals surface area contributed by atoms with Crippen LogP contribution in [-0.2, 0) is 7.05 Å². The maximum atomic E-state index is 13.8. The zero-order chi connectivity index (χ0) is 19.8.